The van der Waals surface area contributed by atoms with E-state index < -0.39 is 23.0 Å². The summed E-state index contributed by atoms with van der Waals surface area (Å²) in [5.74, 6) is -0.820. The van der Waals surface area contributed by atoms with Crippen molar-refractivity contribution in [1.82, 2.24) is 18.9 Å². The van der Waals surface area contributed by atoms with Gasteiger partial charge in [-0.25, -0.2) is 9.18 Å². The molecule has 32 heavy (non-hydrogen) atoms. The van der Waals surface area contributed by atoms with Crippen molar-refractivity contribution in [1.29, 1.82) is 0 Å². The molecule has 0 unspecified atom stereocenters. The first-order chi connectivity index (χ1) is 15.2. The van der Waals surface area contributed by atoms with E-state index in [0.29, 0.717) is 11.3 Å². The van der Waals surface area contributed by atoms with Gasteiger partial charge < -0.3 is 5.32 Å². The van der Waals surface area contributed by atoms with Crippen LogP contribution in [-0.4, -0.2) is 24.8 Å². The molecular weight excluding hydrogens is 413 g/mol. The van der Waals surface area contributed by atoms with Crippen LogP contribution in [0.3, 0.4) is 0 Å². The first-order valence-electron chi connectivity index (χ1n) is 10.0. The van der Waals surface area contributed by atoms with Gasteiger partial charge in [-0.15, -0.1) is 0 Å². The van der Waals surface area contributed by atoms with Crippen LogP contribution in [0.4, 0.5) is 10.1 Å². The van der Waals surface area contributed by atoms with Gasteiger partial charge in [-0.05, 0) is 48.7 Å². The molecule has 0 saturated carbocycles. The van der Waals surface area contributed by atoms with Gasteiger partial charge in [0, 0.05) is 18.9 Å². The third-order valence-electron chi connectivity index (χ3n) is 5.44. The summed E-state index contributed by atoms with van der Waals surface area (Å²) < 4.78 is 16.9. The van der Waals surface area contributed by atoms with E-state index in [9.17, 15) is 18.8 Å². The van der Waals surface area contributed by atoms with Crippen LogP contribution in [0, 0.1) is 19.7 Å². The predicted molar refractivity (Wildman–Crippen MR) is 119 cm³/mol. The van der Waals surface area contributed by atoms with Crippen molar-refractivity contribution in [3.05, 3.63) is 92.0 Å². The molecule has 0 aliphatic carbocycles. The van der Waals surface area contributed by atoms with Crippen LogP contribution < -0.4 is 16.6 Å². The number of nitrogens with zero attached hydrogens (tertiary/aromatic N) is 4. The molecule has 4 rings (SSSR count). The summed E-state index contributed by atoms with van der Waals surface area (Å²) in [6.45, 7) is 3.49. The number of aromatic nitrogens is 4. The summed E-state index contributed by atoms with van der Waals surface area (Å²) in [7, 11) is 1.63. The normalized spacial score (nSPS) is 11.1. The molecule has 0 aliphatic rings. The lowest BCUT2D eigenvalue weighted by Crippen LogP contribution is -2.41. The Morgan fingerprint density at radius 1 is 1.06 bits per heavy atom. The minimum absolute atomic E-state index is 0.0664. The summed E-state index contributed by atoms with van der Waals surface area (Å²) in [6.07, 6.45) is 1.53. The number of hydrogen-bond acceptors (Lipinski definition) is 4. The van der Waals surface area contributed by atoms with Crippen molar-refractivity contribution in [2.24, 2.45) is 7.05 Å². The summed E-state index contributed by atoms with van der Waals surface area (Å²) in [4.78, 5) is 39.0. The standard InChI is InChI=1S/C23H22FN5O3/c1-14-5-4-6-18(15(14)2)25-20(30)13-28-19-12-27(3)26-21(19)22(31)29(23(28)32)11-16-7-9-17(24)10-8-16/h4-10,12H,11,13H2,1-3H3,(H,25,30). The molecule has 1 N–H and O–H groups in total. The lowest BCUT2D eigenvalue weighted by molar-refractivity contribution is -0.116. The first kappa shape index (κ1) is 21.2. The molecule has 4 aromatic rings. The predicted octanol–water partition coefficient (Wildman–Crippen LogP) is 2.34. The largest absolute Gasteiger partial charge is 0.332 e. The SMILES string of the molecule is Cc1cccc(NC(=O)Cn2c(=O)n(Cc3ccc(F)cc3)c(=O)c3nn(C)cc32)c1C. The molecule has 164 valence electrons. The van der Waals surface area contributed by atoms with E-state index in [4.69, 9.17) is 0 Å². The Morgan fingerprint density at radius 2 is 1.78 bits per heavy atom. The molecule has 2 aromatic heterocycles. The van der Waals surface area contributed by atoms with Crippen LogP contribution in [0.25, 0.3) is 11.0 Å². The number of nitrogens with one attached hydrogen (secondary N) is 1. The number of anilines is 1. The highest BCUT2D eigenvalue weighted by atomic mass is 19.1. The fourth-order valence-corrected chi connectivity index (χ4v) is 3.57. The van der Waals surface area contributed by atoms with E-state index in [1.807, 2.05) is 26.0 Å². The molecule has 0 fully saturated rings. The van der Waals surface area contributed by atoms with E-state index in [-0.39, 0.29) is 24.1 Å². The quantitative estimate of drug-likeness (QED) is 0.521. The molecule has 2 aromatic carbocycles. The molecule has 2 heterocycles. The minimum atomic E-state index is -0.643. The highest BCUT2D eigenvalue weighted by Crippen LogP contribution is 2.18. The molecule has 0 bridgehead atoms. The van der Waals surface area contributed by atoms with Crippen molar-refractivity contribution in [2.75, 3.05) is 5.32 Å². The molecular formula is C23H22FN5O3. The maximum Gasteiger partial charge on any atom is 0.332 e. The molecule has 0 spiro atoms. The van der Waals surface area contributed by atoms with Crippen LogP contribution >= 0.6 is 0 Å². The Hall–Kier alpha value is -4.01. The van der Waals surface area contributed by atoms with E-state index in [2.05, 4.69) is 10.4 Å². The van der Waals surface area contributed by atoms with Gasteiger partial charge in [0.2, 0.25) is 5.91 Å². The van der Waals surface area contributed by atoms with Crippen molar-refractivity contribution in [2.45, 2.75) is 26.9 Å². The molecule has 0 atom stereocenters. The van der Waals surface area contributed by atoms with Gasteiger partial charge >= 0.3 is 5.69 Å². The van der Waals surface area contributed by atoms with Gasteiger partial charge in [0.05, 0.1) is 12.1 Å². The Morgan fingerprint density at radius 3 is 2.50 bits per heavy atom. The zero-order valence-electron chi connectivity index (χ0n) is 17.9. The number of benzene rings is 2. The number of hydrogen-bond donors (Lipinski definition) is 1. The molecule has 9 heteroatoms. The highest BCUT2D eigenvalue weighted by Gasteiger charge is 2.19. The molecule has 1 amide bonds. The van der Waals surface area contributed by atoms with E-state index >= 15 is 0 Å². The average molecular weight is 435 g/mol. The first-order valence-corrected chi connectivity index (χ1v) is 10.0. The number of halogens is 1. The van der Waals surface area contributed by atoms with Gasteiger partial charge in [0.15, 0.2) is 5.52 Å². The second-order valence-corrected chi connectivity index (χ2v) is 7.72. The van der Waals surface area contributed by atoms with E-state index in [1.165, 1.54) is 39.7 Å². The summed E-state index contributed by atoms with van der Waals surface area (Å²) in [5.41, 5.74) is 2.33. The second-order valence-electron chi connectivity index (χ2n) is 7.72. The molecule has 0 radical (unpaired) electrons. The maximum absolute atomic E-state index is 13.2. The fourth-order valence-electron chi connectivity index (χ4n) is 3.57. The zero-order chi connectivity index (χ0) is 23.0. The van der Waals surface area contributed by atoms with Gasteiger partial charge in [-0.3, -0.25) is 23.4 Å². The average Bonchev–Trinajstić information content (AvgIpc) is 3.15. The van der Waals surface area contributed by atoms with Gasteiger partial charge in [0.1, 0.15) is 12.4 Å². The van der Waals surface area contributed by atoms with Crippen molar-refractivity contribution in [3.63, 3.8) is 0 Å². The summed E-state index contributed by atoms with van der Waals surface area (Å²) >= 11 is 0. The van der Waals surface area contributed by atoms with Crippen molar-refractivity contribution >= 4 is 22.6 Å². The number of aryl methyl sites for hydroxylation is 2. The zero-order valence-corrected chi connectivity index (χ0v) is 17.9. The van der Waals surface area contributed by atoms with Crippen molar-refractivity contribution in [3.8, 4) is 0 Å². The number of rotatable bonds is 5. The Kier molecular flexibility index (Phi) is 5.48. The van der Waals surface area contributed by atoms with Crippen molar-refractivity contribution < 1.29 is 9.18 Å². The Labute approximate surface area is 182 Å². The smallest absolute Gasteiger partial charge is 0.324 e. The lowest BCUT2D eigenvalue weighted by atomic mass is 10.1. The minimum Gasteiger partial charge on any atom is -0.324 e. The molecule has 0 aliphatic heterocycles. The molecule has 0 saturated heterocycles. The number of amides is 1. The van der Waals surface area contributed by atoms with Crippen LogP contribution in [-0.2, 0) is 24.9 Å². The van der Waals surface area contributed by atoms with Crippen LogP contribution in [0.1, 0.15) is 16.7 Å². The fraction of sp³-hybridized carbons (Fsp3) is 0.217. The van der Waals surface area contributed by atoms with Gasteiger partial charge in [0.25, 0.3) is 5.56 Å². The Bertz CT molecular complexity index is 1450. The maximum atomic E-state index is 13.2. The van der Waals surface area contributed by atoms with E-state index in [0.717, 1.165) is 15.7 Å². The van der Waals surface area contributed by atoms with Crippen LogP contribution in [0.2, 0.25) is 0 Å². The summed E-state index contributed by atoms with van der Waals surface area (Å²) in [6, 6.07) is 11.1. The van der Waals surface area contributed by atoms with Gasteiger partial charge in [-0.1, -0.05) is 24.3 Å². The summed E-state index contributed by atoms with van der Waals surface area (Å²) in [5, 5.41) is 7.01. The van der Waals surface area contributed by atoms with Crippen LogP contribution in [0.5, 0.6) is 0 Å². The number of carbonyl (C=O) groups is 1. The topological polar surface area (TPSA) is 90.9 Å². The number of carbonyl (C=O) groups excluding carboxylic acids is 1. The Balaban J connectivity index is 1.75. The van der Waals surface area contributed by atoms with Crippen LogP contribution in [0.15, 0.2) is 58.3 Å². The van der Waals surface area contributed by atoms with E-state index in [1.54, 1.807) is 13.1 Å². The third kappa shape index (κ3) is 3.96. The monoisotopic (exact) mass is 435 g/mol. The second kappa shape index (κ2) is 8.26. The molecule has 8 nitrogen and oxygen atoms in total. The highest BCUT2D eigenvalue weighted by molar-refractivity contribution is 5.92. The number of fused-ring (bicyclic) bond motifs is 1. The third-order valence-corrected chi connectivity index (χ3v) is 5.44. The lowest BCUT2D eigenvalue weighted by Gasteiger charge is -2.13. The van der Waals surface area contributed by atoms with Gasteiger partial charge in [-0.2, -0.15) is 5.10 Å².